The zero-order chi connectivity index (χ0) is 21.3. The van der Waals surface area contributed by atoms with Crippen LogP contribution in [0.1, 0.15) is 33.6 Å². The van der Waals surface area contributed by atoms with Crippen LogP contribution in [0.2, 0.25) is 5.02 Å². The van der Waals surface area contributed by atoms with Crippen LogP contribution in [-0.4, -0.2) is 61.9 Å². The van der Waals surface area contributed by atoms with E-state index in [1.54, 1.807) is 23.1 Å². The third-order valence-electron chi connectivity index (χ3n) is 5.33. The topological polar surface area (TPSA) is 106 Å². The third kappa shape index (κ3) is 4.62. The van der Waals surface area contributed by atoms with E-state index < -0.39 is 17.3 Å². The predicted octanol–water partition coefficient (Wildman–Crippen LogP) is 1.93. The largest absolute Gasteiger partial charge is 0.594 e. The normalized spacial score (nSPS) is 16.3. The van der Waals surface area contributed by atoms with Crippen molar-refractivity contribution in [1.82, 2.24) is 19.5 Å². The van der Waals surface area contributed by atoms with E-state index in [2.05, 4.69) is 10.00 Å². The quantitative estimate of drug-likeness (QED) is 0.595. The highest BCUT2D eigenvalue weighted by Crippen LogP contribution is 2.24. The number of aromatic nitrogens is 3. The van der Waals surface area contributed by atoms with Crippen LogP contribution in [0.5, 0.6) is 0 Å². The van der Waals surface area contributed by atoms with Crippen LogP contribution in [0.4, 0.5) is 4.79 Å². The minimum Gasteiger partial charge on any atom is -0.594 e. The molecular weight excluding hydrogens is 398 g/mol. The number of benzene rings is 1. The fraction of sp³-hybridized carbons (Fsp3) is 0.579. The Labute approximate surface area is 173 Å². The third-order valence-corrected chi connectivity index (χ3v) is 5.57. The second-order valence-corrected chi connectivity index (χ2v) is 8.77. The molecule has 1 aromatic heterocycles. The van der Waals surface area contributed by atoms with E-state index in [0.29, 0.717) is 28.5 Å². The van der Waals surface area contributed by atoms with Gasteiger partial charge < -0.3 is 20.1 Å². The van der Waals surface area contributed by atoms with E-state index in [9.17, 15) is 19.9 Å². The van der Waals surface area contributed by atoms with Crippen LogP contribution in [0.15, 0.2) is 23.0 Å². The maximum absolute atomic E-state index is 12.3. The lowest BCUT2D eigenvalue weighted by atomic mass is 9.97. The summed E-state index contributed by atoms with van der Waals surface area (Å²) in [6.45, 7) is 8.15. The molecule has 1 aliphatic heterocycles. The molecule has 3 rings (SSSR count). The molecule has 1 aliphatic rings. The highest BCUT2D eigenvalue weighted by Gasteiger charge is 2.35. The molecule has 0 unspecified atom stereocenters. The zero-order valence-electron chi connectivity index (χ0n) is 16.8. The summed E-state index contributed by atoms with van der Waals surface area (Å²) in [5, 5.41) is 25.4. The first kappa shape index (κ1) is 21.3. The lowest BCUT2D eigenvalue weighted by Gasteiger charge is -2.43. The van der Waals surface area contributed by atoms with Crippen LogP contribution in [0.25, 0.3) is 11.0 Å². The highest BCUT2D eigenvalue weighted by atomic mass is 35.5. The van der Waals surface area contributed by atoms with Crippen LogP contribution < -0.4 is 10.5 Å². The number of nitrogens with zero attached hydrogens (tertiary/aromatic N) is 5. The lowest BCUT2D eigenvalue weighted by molar-refractivity contribution is -0.645. The van der Waals surface area contributed by atoms with Gasteiger partial charge in [0.05, 0.1) is 5.10 Å². The van der Waals surface area contributed by atoms with E-state index in [4.69, 9.17) is 11.6 Å². The molecule has 158 valence electrons. The molecule has 0 aliphatic carbocycles. The van der Waals surface area contributed by atoms with Crippen LogP contribution in [0.3, 0.4) is 0 Å². The molecule has 1 fully saturated rings. The van der Waals surface area contributed by atoms with E-state index >= 15 is 0 Å². The molecule has 1 amide bonds. The van der Waals surface area contributed by atoms with Gasteiger partial charge in [-0.15, -0.1) is 0 Å². The molecule has 9 nitrogen and oxygen atoms in total. The van der Waals surface area contributed by atoms with Gasteiger partial charge >= 0.3 is 11.8 Å². The standard InChI is InChI=1S/C19H26ClN5O4/c1-19(2,3)24(18(27)28)14-6-8-22(9-7-14)10-11-23-16-12-13(20)4-5-15(16)25(29)21-17(23)26/h4-5,12,14H,6-11H2,1-3H3,(H,27,28). The van der Waals surface area contributed by atoms with Gasteiger partial charge in [-0.25, -0.2) is 9.59 Å². The molecule has 29 heavy (non-hydrogen) atoms. The number of fused-ring (bicyclic) bond motifs is 1. The first-order chi connectivity index (χ1) is 13.6. The van der Waals surface area contributed by atoms with Crippen molar-refractivity contribution in [3.8, 4) is 0 Å². The Morgan fingerprint density at radius 1 is 1.34 bits per heavy atom. The van der Waals surface area contributed by atoms with Gasteiger partial charge in [0.1, 0.15) is 5.52 Å². The summed E-state index contributed by atoms with van der Waals surface area (Å²) in [5.41, 5.74) is -0.329. The van der Waals surface area contributed by atoms with Crippen molar-refractivity contribution >= 4 is 28.7 Å². The molecule has 1 N–H and O–H groups in total. The summed E-state index contributed by atoms with van der Waals surface area (Å²) in [7, 11) is 0. The molecule has 10 heteroatoms. The van der Waals surface area contributed by atoms with Gasteiger partial charge in [-0.05, 0) is 50.6 Å². The number of piperidine rings is 1. The molecule has 0 spiro atoms. The fourth-order valence-electron chi connectivity index (χ4n) is 4.01. The number of likely N-dealkylation sites (tertiary alicyclic amines) is 1. The summed E-state index contributed by atoms with van der Waals surface area (Å²) in [5.74, 6) is 0. The molecule has 0 radical (unpaired) electrons. The van der Waals surface area contributed by atoms with Crippen molar-refractivity contribution in [2.45, 2.75) is 51.7 Å². The Hall–Kier alpha value is -2.39. The number of hydrogen-bond donors (Lipinski definition) is 1. The number of carbonyl (C=O) groups is 1. The minimum atomic E-state index is -0.896. The Morgan fingerprint density at radius 2 is 2.00 bits per heavy atom. The van der Waals surface area contributed by atoms with Gasteiger partial charge in [0.2, 0.25) is 0 Å². The SMILES string of the molecule is CC(C)(C)N(C(=O)O)C1CCN(CCn2c(=O)n[n+]([O-])c3ccc(Cl)cc32)CC1. The second kappa shape index (κ2) is 8.16. The number of carboxylic acid groups (broad SMARTS) is 1. The van der Waals surface area contributed by atoms with Crippen molar-refractivity contribution < 1.29 is 14.7 Å². The molecule has 0 bridgehead atoms. The van der Waals surface area contributed by atoms with E-state index in [-0.39, 0.29) is 11.6 Å². The smallest absolute Gasteiger partial charge is 0.409 e. The summed E-state index contributed by atoms with van der Waals surface area (Å²) in [6.07, 6.45) is 0.573. The zero-order valence-corrected chi connectivity index (χ0v) is 17.6. The van der Waals surface area contributed by atoms with Crippen molar-refractivity contribution in [3.05, 3.63) is 38.9 Å². The molecular formula is C19H26ClN5O4. The Kier molecular flexibility index (Phi) is 6.00. The number of halogens is 1. The van der Waals surface area contributed by atoms with Crippen molar-refractivity contribution in [2.24, 2.45) is 0 Å². The summed E-state index contributed by atoms with van der Waals surface area (Å²) >= 11 is 6.04. The first-order valence-electron chi connectivity index (χ1n) is 9.62. The summed E-state index contributed by atoms with van der Waals surface area (Å²) < 4.78 is 1.46. The first-order valence-corrected chi connectivity index (χ1v) is 10.0. The number of amides is 1. The van der Waals surface area contributed by atoms with Gasteiger partial charge in [0.15, 0.2) is 0 Å². The van der Waals surface area contributed by atoms with Crippen molar-refractivity contribution in [3.63, 3.8) is 0 Å². The van der Waals surface area contributed by atoms with Crippen LogP contribution in [0, 0.1) is 5.21 Å². The van der Waals surface area contributed by atoms with Crippen molar-refractivity contribution in [1.29, 1.82) is 0 Å². The Bertz CT molecular complexity index is 963. The van der Waals surface area contributed by atoms with Gasteiger partial charge in [0, 0.05) is 48.8 Å². The maximum Gasteiger partial charge on any atom is 0.409 e. The summed E-state index contributed by atoms with van der Waals surface area (Å²) in [6, 6.07) is 4.70. The average Bonchev–Trinajstić information content (AvgIpc) is 2.61. The molecule has 1 saturated heterocycles. The van der Waals surface area contributed by atoms with E-state index in [1.807, 2.05) is 20.8 Å². The lowest BCUT2D eigenvalue weighted by Crippen LogP contribution is -2.55. The van der Waals surface area contributed by atoms with E-state index in [0.717, 1.165) is 25.9 Å². The average molecular weight is 424 g/mol. The Balaban J connectivity index is 1.69. The number of rotatable bonds is 4. The maximum atomic E-state index is 12.3. The van der Waals surface area contributed by atoms with E-state index in [1.165, 1.54) is 4.57 Å². The number of hydrogen-bond acceptors (Lipinski definition) is 5. The molecule has 2 heterocycles. The second-order valence-electron chi connectivity index (χ2n) is 8.34. The van der Waals surface area contributed by atoms with Crippen LogP contribution >= 0.6 is 11.6 Å². The van der Waals surface area contributed by atoms with Crippen LogP contribution in [-0.2, 0) is 6.54 Å². The van der Waals surface area contributed by atoms with Gasteiger partial charge in [-0.2, -0.15) is 0 Å². The highest BCUT2D eigenvalue weighted by molar-refractivity contribution is 6.31. The molecule has 2 aromatic rings. The molecule has 0 atom stereocenters. The monoisotopic (exact) mass is 423 g/mol. The Morgan fingerprint density at radius 3 is 2.59 bits per heavy atom. The molecule has 0 saturated carbocycles. The summed E-state index contributed by atoms with van der Waals surface area (Å²) in [4.78, 5) is 28.0. The van der Waals surface area contributed by atoms with Gasteiger partial charge in [-0.1, -0.05) is 11.6 Å². The van der Waals surface area contributed by atoms with Crippen molar-refractivity contribution in [2.75, 3.05) is 19.6 Å². The predicted molar refractivity (Wildman–Crippen MR) is 109 cm³/mol. The molecule has 1 aromatic carbocycles. The minimum absolute atomic E-state index is 0.0241. The van der Waals surface area contributed by atoms with Gasteiger partial charge in [0.25, 0.3) is 5.52 Å². The fourth-order valence-corrected chi connectivity index (χ4v) is 4.18. The van der Waals surface area contributed by atoms with Gasteiger partial charge in [-0.3, -0.25) is 4.57 Å².